The summed E-state index contributed by atoms with van der Waals surface area (Å²) in [5.41, 5.74) is -1.58. The zero-order valence-electron chi connectivity index (χ0n) is 9.02. The maximum atomic E-state index is 10.9. The number of isocyanates is 1. The van der Waals surface area contributed by atoms with Gasteiger partial charge in [-0.25, -0.2) is 19.8 Å². The first kappa shape index (κ1) is 16.4. The second kappa shape index (κ2) is 6.40. The molecule has 0 spiro atoms. The lowest BCUT2D eigenvalue weighted by Gasteiger charge is -2.05. The lowest BCUT2D eigenvalue weighted by molar-refractivity contribution is 0.0688. The molecule has 0 radical (unpaired) electrons. The number of benzene rings is 1. The van der Waals surface area contributed by atoms with E-state index in [1.807, 2.05) is 0 Å². The van der Waals surface area contributed by atoms with Crippen molar-refractivity contribution in [1.82, 2.24) is 0 Å². The van der Waals surface area contributed by atoms with Crippen molar-refractivity contribution in [3.8, 4) is 0 Å². The van der Waals surface area contributed by atoms with Gasteiger partial charge in [-0.05, 0) is 12.1 Å². The Morgan fingerprint density at radius 2 is 1.42 bits per heavy atom. The van der Waals surface area contributed by atoms with Gasteiger partial charge in [0.25, 0.3) is 10.1 Å². The van der Waals surface area contributed by atoms with Crippen molar-refractivity contribution >= 4 is 28.1 Å². The van der Waals surface area contributed by atoms with Crippen LogP contribution in [0.4, 0.5) is 0 Å². The van der Waals surface area contributed by atoms with Crippen molar-refractivity contribution in [1.29, 1.82) is 5.41 Å². The molecule has 10 heteroatoms. The summed E-state index contributed by atoms with van der Waals surface area (Å²) >= 11 is 0. The summed E-state index contributed by atoms with van der Waals surface area (Å²) in [5, 5.41) is 22.7. The van der Waals surface area contributed by atoms with Crippen molar-refractivity contribution in [3.05, 3.63) is 29.3 Å². The molecule has 1 aromatic rings. The van der Waals surface area contributed by atoms with Gasteiger partial charge in [0, 0.05) is 0 Å². The Kier molecular flexibility index (Phi) is 5.54. The Bertz CT molecular complexity index is 610. The molecule has 1 rings (SSSR count). The lowest BCUT2D eigenvalue weighted by atomic mass is 10.1. The fourth-order valence-corrected chi connectivity index (χ4v) is 2.02. The average molecular weight is 289 g/mol. The molecule has 0 amide bonds. The van der Waals surface area contributed by atoms with Crippen LogP contribution in [0.15, 0.2) is 23.1 Å². The summed E-state index contributed by atoms with van der Waals surface area (Å²) in [4.78, 5) is 28.6. The zero-order chi connectivity index (χ0) is 15.2. The highest BCUT2D eigenvalue weighted by Crippen LogP contribution is 2.20. The van der Waals surface area contributed by atoms with E-state index in [2.05, 4.69) is 0 Å². The Balaban J connectivity index is 0.000000982. The molecule has 19 heavy (non-hydrogen) atoms. The number of nitrogens with one attached hydrogen (secondary N) is 1. The lowest BCUT2D eigenvalue weighted by Crippen LogP contribution is -2.14. The van der Waals surface area contributed by atoms with E-state index in [4.69, 9.17) is 25.0 Å². The molecule has 0 saturated heterocycles. The van der Waals surface area contributed by atoms with E-state index < -0.39 is 38.1 Å². The molecule has 4 N–H and O–H groups in total. The second-order valence-corrected chi connectivity index (χ2v) is 4.23. The summed E-state index contributed by atoms with van der Waals surface area (Å²) in [6.07, 6.45) is 0.750. The number of carbonyl (C=O) groups is 2. The van der Waals surface area contributed by atoms with E-state index in [0.717, 1.165) is 24.3 Å². The topological polar surface area (TPSA) is 170 Å². The third-order valence-corrected chi connectivity index (χ3v) is 2.69. The molecule has 0 unspecified atom stereocenters. The molecule has 0 atom stereocenters. The normalized spacial score (nSPS) is 9.74. The van der Waals surface area contributed by atoms with E-state index in [0.29, 0.717) is 0 Å². The molecule has 0 bridgehead atoms. The van der Waals surface area contributed by atoms with Crippen LogP contribution >= 0.6 is 0 Å². The van der Waals surface area contributed by atoms with E-state index >= 15 is 0 Å². The van der Waals surface area contributed by atoms with E-state index in [1.54, 1.807) is 0 Å². The third kappa shape index (κ3) is 4.32. The Morgan fingerprint density at radius 1 is 1.11 bits per heavy atom. The molecule has 0 aromatic heterocycles. The molecule has 0 aliphatic carbocycles. The zero-order valence-corrected chi connectivity index (χ0v) is 9.84. The van der Waals surface area contributed by atoms with Crippen molar-refractivity contribution in [2.24, 2.45) is 0 Å². The van der Waals surface area contributed by atoms with Crippen LogP contribution in [0.1, 0.15) is 20.7 Å². The smallest absolute Gasteiger partial charge is 0.337 e. The molecule has 102 valence electrons. The summed E-state index contributed by atoms with van der Waals surface area (Å²) in [5.74, 6) is -3.29. The van der Waals surface area contributed by atoms with Gasteiger partial charge in [-0.3, -0.25) is 4.55 Å². The maximum Gasteiger partial charge on any atom is 0.337 e. The molecule has 0 heterocycles. The van der Waals surface area contributed by atoms with Crippen LogP contribution in [0.2, 0.25) is 0 Å². The number of hydrogen-bond donors (Lipinski definition) is 4. The van der Waals surface area contributed by atoms with Crippen LogP contribution in [0.3, 0.4) is 0 Å². The predicted octanol–water partition coefficient (Wildman–Crippen LogP) is 0.231. The van der Waals surface area contributed by atoms with Gasteiger partial charge in [0.2, 0.25) is 6.08 Å². The molecule has 0 aliphatic rings. The Labute approximate surface area is 106 Å². The molecule has 0 saturated carbocycles. The van der Waals surface area contributed by atoms with Crippen molar-refractivity contribution in [2.45, 2.75) is 4.90 Å². The molecule has 0 aliphatic heterocycles. The SMILES string of the molecule is N=C=O.O=C(O)c1cccc(C(=O)O)c1S(=O)(=O)O. The number of carboxylic acids is 2. The van der Waals surface area contributed by atoms with E-state index in [9.17, 15) is 18.0 Å². The highest BCUT2D eigenvalue weighted by molar-refractivity contribution is 7.86. The summed E-state index contributed by atoms with van der Waals surface area (Å²) in [7, 11) is -4.92. The Hall–Kier alpha value is -2.55. The highest BCUT2D eigenvalue weighted by Gasteiger charge is 2.26. The number of hydrogen-bond acceptors (Lipinski definition) is 6. The average Bonchev–Trinajstić information content (AvgIpc) is 2.27. The van der Waals surface area contributed by atoms with Gasteiger partial charge in [0.15, 0.2) is 0 Å². The number of aromatic carboxylic acids is 2. The summed E-state index contributed by atoms with van der Waals surface area (Å²) in [6.45, 7) is 0. The number of carbonyl (C=O) groups excluding carboxylic acids is 1. The van der Waals surface area contributed by atoms with E-state index in [1.165, 1.54) is 0 Å². The van der Waals surface area contributed by atoms with Crippen LogP contribution < -0.4 is 0 Å². The van der Waals surface area contributed by atoms with Crippen LogP contribution in [0, 0.1) is 5.41 Å². The van der Waals surface area contributed by atoms with Gasteiger partial charge in [0.1, 0.15) is 4.90 Å². The highest BCUT2D eigenvalue weighted by atomic mass is 32.2. The van der Waals surface area contributed by atoms with Gasteiger partial charge >= 0.3 is 11.9 Å². The quantitative estimate of drug-likeness (QED) is 0.348. The maximum absolute atomic E-state index is 10.9. The molecule has 9 nitrogen and oxygen atoms in total. The Morgan fingerprint density at radius 3 is 1.63 bits per heavy atom. The van der Waals surface area contributed by atoms with Crippen LogP contribution in [0.25, 0.3) is 0 Å². The van der Waals surface area contributed by atoms with Crippen LogP contribution in [0.5, 0.6) is 0 Å². The minimum Gasteiger partial charge on any atom is -0.478 e. The fourth-order valence-electron chi connectivity index (χ4n) is 1.15. The van der Waals surface area contributed by atoms with Crippen molar-refractivity contribution in [2.75, 3.05) is 0 Å². The van der Waals surface area contributed by atoms with Gasteiger partial charge in [0.05, 0.1) is 11.1 Å². The first-order chi connectivity index (χ1) is 8.66. The minimum atomic E-state index is -4.92. The van der Waals surface area contributed by atoms with Crippen molar-refractivity contribution < 1.29 is 37.6 Å². The number of carboxylic acid groups (broad SMARTS) is 2. The predicted molar refractivity (Wildman–Crippen MR) is 58.6 cm³/mol. The third-order valence-electron chi connectivity index (χ3n) is 1.73. The summed E-state index contributed by atoms with van der Waals surface area (Å²) < 4.78 is 30.6. The van der Waals surface area contributed by atoms with E-state index in [-0.39, 0.29) is 0 Å². The standard InChI is InChI=1S/C8H6O7S.CHNO/c9-7(10)4-2-1-3-5(8(11)12)6(4)16(13,14)15;2-1-3/h1-3H,(H,9,10)(H,11,12)(H,13,14,15);2H. The molecule has 0 fully saturated rings. The van der Waals surface area contributed by atoms with Crippen LogP contribution in [-0.2, 0) is 14.9 Å². The van der Waals surface area contributed by atoms with Gasteiger partial charge < -0.3 is 10.2 Å². The van der Waals surface area contributed by atoms with Gasteiger partial charge in [-0.15, -0.1) is 0 Å². The number of rotatable bonds is 3. The molecule has 1 aromatic carbocycles. The largest absolute Gasteiger partial charge is 0.478 e. The van der Waals surface area contributed by atoms with Crippen LogP contribution in [-0.4, -0.2) is 41.2 Å². The fraction of sp³-hybridized carbons (Fsp3) is 0. The minimum absolute atomic E-state index is 0.750. The molecular formula is C9H7NO8S. The molecular weight excluding hydrogens is 282 g/mol. The first-order valence-electron chi connectivity index (χ1n) is 4.27. The first-order valence-corrected chi connectivity index (χ1v) is 5.71. The second-order valence-electron chi connectivity index (χ2n) is 2.87. The van der Waals surface area contributed by atoms with Gasteiger partial charge in [-0.1, -0.05) is 6.07 Å². The van der Waals surface area contributed by atoms with Gasteiger partial charge in [-0.2, -0.15) is 8.42 Å². The van der Waals surface area contributed by atoms with Crippen molar-refractivity contribution in [3.63, 3.8) is 0 Å². The summed E-state index contributed by atoms with van der Waals surface area (Å²) in [6, 6.07) is 2.84. The monoisotopic (exact) mass is 289 g/mol.